The number of ether oxygens (including phenoxy) is 1. The fourth-order valence-corrected chi connectivity index (χ4v) is 4.59. The van der Waals surface area contributed by atoms with Gasteiger partial charge in [0.05, 0.1) is 18.4 Å². The first-order chi connectivity index (χ1) is 15.6. The molecule has 5 nitrogen and oxygen atoms in total. The molecule has 0 bridgehead atoms. The van der Waals surface area contributed by atoms with Gasteiger partial charge in [-0.15, -0.1) is 0 Å². The molecule has 5 rings (SSSR count). The molecule has 0 radical (unpaired) electrons. The van der Waals surface area contributed by atoms with Crippen LogP contribution in [-0.4, -0.2) is 25.5 Å². The molecule has 0 aliphatic carbocycles. The third kappa shape index (κ3) is 3.17. The highest BCUT2D eigenvalue weighted by Gasteiger charge is 2.44. The topological polar surface area (TPSA) is 49.9 Å². The molecule has 2 aliphatic heterocycles. The first kappa shape index (κ1) is 20.1. The molecule has 160 valence electrons. The predicted molar refractivity (Wildman–Crippen MR) is 126 cm³/mol. The summed E-state index contributed by atoms with van der Waals surface area (Å²) in [5, 5.41) is 0. The number of carbonyl (C=O) groups excluding carboxylic acids is 2. The van der Waals surface area contributed by atoms with Gasteiger partial charge < -0.3 is 9.64 Å². The average Bonchev–Trinajstić information content (AvgIpc) is 3.08. The van der Waals surface area contributed by atoms with E-state index in [0.717, 1.165) is 29.7 Å². The first-order valence-electron chi connectivity index (χ1n) is 10.8. The van der Waals surface area contributed by atoms with E-state index in [1.54, 1.807) is 13.2 Å². The first-order valence-corrected chi connectivity index (χ1v) is 10.8. The number of amides is 2. The van der Waals surface area contributed by atoms with Crippen LogP contribution in [0.2, 0.25) is 0 Å². The van der Waals surface area contributed by atoms with Crippen molar-refractivity contribution in [1.29, 1.82) is 0 Å². The number of methoxy groups -OCH3 is 1. The molecule has 3 aromatic rings. The highest BCUT2D eigenvalue weighted by atomic mass is 16.5. The predicted octanol–water partition coefficient (Wildman–Crippen LogP) is 4.74. The van der Waals surface area contributed by atoms with Crippen LogP contribution in [0.15, 0.2) is 78.5 Å². The van der Waals surface area contributed by atoms with Crippen molar-refractivity contribution in [2.24, 2.45) is 0 Å². The van der Waals surface area contributed by atoms with Gasteiger partial charge in [-0.25, -0.2) is 4.90 Å². The lowest BCUT2D eigenvalue weighted by atomic mass is 9.98. The summed E-state index contributed by atoms with van der Waals surface area (Å²) >= 11 is 0. The Bertz CT molecular complexity index is 1250. The summed E-state index contributed by atoms with van der Waals surface area (Å²) in [4.78, 5) is 31.0. The van der Waals surface area contributed by atoms with E-state index < -0.39 is 0 Å². The fraction of sp³-hybridized carbons (Fsp3) is 0.185. The average molecular weight is 425 g/mol. The van der Waals surface area contributed by atoms with Crippen LogP contribution in [0, 0.1) is 6.92 Å². The Morgan fingerprint density at radius 1 is 0.844 bits per heavy atom. The number of hydrogen-bond donors (Lipinski definition) is 0. The molecule has 0 saturated carbocycles. The van der Waals surface area contributed by atoms with Crippen molar-refractivity contribution in [2.45, 2.75) is 19.8 Å². The van der Waals surface area contributed by atoms with Crippen LogP contribution < -0.4 is 14.5 Å². The van der Waals surface area contributed by atoms with Gasteiger partial charge in [0.2, 0.25) is 0 Å². The number of fused-ring (bicyclic) bond motifs is 1. The zero-order chi connectivity index (χ0) is 22.2. The normalized spacial score (nSPS) is 15.9. The number of para-hydroxylation sites is 1. The lowest BCUT2D eigenvalue weighted by Gasteiger charge is -2.32. The van der Waals surface area contributed by atoms with E-state index in [0.29, 0.717) is 29.3 Å². The second-order valence-electron chi connectivity index (χ2n) is 8.09. The zero-order valence-electron chi connectivity index (χ0n) is 18.2. The molecule has 2 aliphatic rings. The van der Waals surface area contributed by atoms with E-state index in [4.69, 9.17) is 4.74 Å². The summed E-state index contributed by atoms with van der Waals surface area (Å²) in [6.07, 6.45) is 1.87. The Balaban J connectivity index is 1.71. The Morgan fingerprint density at radius 3 is 2.38 bits per heavy atom. The van der Waals surface area contributed by atoms with E-state index in [-0.39, 0.29) is 11.8 Å². The molecule has 0 spiro atoms. The van der Waals surface area contributed by atoms with Gasteiger partial charge in [0.15, 0.2) is 0 Å². The summed E-state index contributed by atoms with van der Waals surface area (Å²) < 4.78 is 5.51. The van der Waals surface area contributed by atoms with Gasteiger partial charge in [0, 0.05) is 12.2 Å². The van der Waals surface area contributed by atoms with Crippen molar-refractivity contribution in [2.75, 3.05) is 23.5 Å². The number of anilines is 2. The number of hydrogen-bond acceptors (Lipinski definition) is 4. The number of carbonyl (C=O) groups is 2. The Labute approximate surface area is 187 Å². The Hall–Kier alpha value is -3.86. The molecule has 2 heterocycles. The van der Waals surface area contributed by atoms with E-state index in [2.05, 4.69) is 6.07 Å². The quantitative estimate of drug-likeness (QED) is 0.568. The van der Waals surface area contributed by atoms with Crippen LogP contribution in [0.1, 0.15) is 23.1 Å². The van der Waals surface area contributed by atoms with Crippen LogP contribution in [0.25, 0.3) is 5.57 Å². The molecule has 32 heavy (non-hydrogen) atoms. The van der Waals surface area contributed by atoms with Gasteiger partial charge in [-0.05, 0) is 54.7 Å². The van der Waals surface area contributed by atoms with Crippen LogP contribution in [0.3, 0.4) is 0 Å². The molecular weight excluding hydrogens is 400 g/mol. The molecule has 5 heteroatoms. The zero-order valence-corrected chi connectivity index (χ0v) is 18.2. The van der Waals surface area contributed by atoms with Crippen molar-refractivity contribution in [3.63, 3.8) is 0 Å². The molecular formula is C27H24N2O3. The monoisotopic (exact) mass is 424 g/mol. The highest BCUT2D eigenvalue weighted by molar-refractivity contribution is 6.46. The number of aryl methyl sites for hydroxylation is 2. The molecule has 0 saturated heterocycles. The molecule has 0 atom stereocenters. The second-order valence-corrected chi connectivity index (χ2v) is 8.09. The van der Waals surface area contributed by atoms with E-state index in [9.17, 15) is 9.59 Å². The maximum atomic E-state index is 13.9. The van der Waals surface area contributed by atoms with Crippen LogP contribution >= 0.6 is 0 Å². The Kier molecular flexibility index (Phi) is 5.02. The van der Waals surface area contributed by atoms with Gasteiger partial charge in [-0.1, -0.05) is 54.6 Å². The lowest BCUT2D eigenvalue weighted by Crippen LogP contribution is -2.37. The third-order valence-corrected chi connectivity index (χ3v) is 6.08. The second kappa shape index (κ2) is 8.00. The number of nitrogens with zero attached hydrogens (tertiary/aromatic N) is 2. The van der Waals surface area contributed by atoms with Crippen LogP contribution in [0.4, 0.5) is 11.4 Å². The molecule has 2 amide bonds. The smallest absolute Gasteiger partial charge is 0.282 e. The van der Waals surface area contributed by atoms with Crippen molar-refractivity contribution >= 4 is 28.8 Å². The van der Waals surface area contributed by atoms with Gasteiger partial charge in [-0.2, -0.15) is 0 Å². The summed E-state index contributed by atoms with van der Waals surface area (Å²) in [5.41, 5.74) is 5.17. The van der Waals surface area contributed by atoms with Crippen molar-refractivity contribution in [3.05, 3.63) is 95.2 Å². The van der Waals surface area contributed by atoms with Gasteiger partial charge in [0.1, 0.15) is 11.4 Å². The fourth-order valence-electron chi connectivity index (χ4n) is 4.59. The van der Waals surface area contributed by atoms with Crippen molar-refractivity contribution < 1.29 is 14.3 Å². The molecule has 0 aromatic heterocycles. The summed E-state index contributed by atoms with van der Waals surface area (Å²) in [5.74, 6) is -0.164. The van der Waals surface area contributed by atoms with Crippen LogP contribution in [-0.2, 0) is 16.0 Å². The number of rotatable bonds is 4. The van der Waals surface area contributed by atoms with E-state index in [1.807, 2.05) is 72.5 Å². The summed E-state index contributed by atoms with van der Waals surface area (Å²) in [7, 11) is 1.55. The third-order valence-electron chi connectivity index (χ3n) is 6.08. The minimum atomic E-state index is -0.330. The van der Waals surface area contributed by atoms with Gasteiger partial charge in [-0.3, -0.25) is 9.59 Å². The standard InChI is InChI=1S/C27H24N2O3/c1-18-14-15-23(32-2)22(17-18)29-26(30)24(20-10-4-3-5-11-20)25(27(29)31)28-16-8-12-19-9-6-7-13-21(19)28/h3-7,9-11,13-15,17H,8,12,16H2,1-2H3. The maximum absolute atomic E-state index is 13.9. The van der Waals surface area contributed by atoms with E-state index in [1.165, 1.54) is 10.5 Å². The molecule has 3 aromatic carbocycles. The van der Waals surface area contributed by atoms with Gasteiger partial charge >= 0.3 is 0 Å². The van der Waals surface area contributed by atoms with Crippen molar-refractivity contribution in [3.8, 4) is 5.75 Å². The maximum Gasteiger partial charge on any atom is 0.282 e. The van der Waals surface area contributed by atoms with E-state index >= 15 is 0 Å². The summed E-state index contributed by atoms with van der Waals surface area (Å²) in [6, 6.07) is 23.1. The van der Waals surface area contributed by atoms with Crippen LogP contribution in [0.5, 0.6) is 5.75 Å². The lowest BCUT2D eigenvalue weighted by molar-refractivity contribution is -0.120. The van der Waals surface area contributed by atoms with Gasteiger partial charge in [0.25, 0.3) is 11.8 Å². The minimum Gasteiger partial charge on any atom is -0.495 e. The SMILES string of the molecule is COc1ccc(C)cc1N1C(=O)C(c2ccccc2)=C(N2CCCc3ccccc32)C1=O. The molecule has 0 fully saturated rings. The molecule has 0 unspecified atom stereocenters. The number of imide groups is 1. The Morgan fingerprint density at radius 2 is 1.59 bits per heavy atom. The highest BCUT2D eigenvalue weighted by Crippen LogP contribution is 2.41. The summed E-state index contributed by atoms with van der Waals surface area (Å²) in [6.45, 7) is 2.61. The number of benzene rings is 3. The minimum absolute atomic E-state index is 0.325. The largest absolute Gasteiger partial charge is 0.495 e. The molecule has 0 N–H and O–H groups in total. The van der Waals surface area contributed by atoms with Crippen molar-refractivity contribution in [1.82, 2.24) is 0 Å².